The van der Waals surface area contributed by atoms with Gasteiger partial charge < -0.3 is 14.1 Å². The van der Waals surface area contributed by atoms with E-state index in [1.54, 1.807) is 12.3 Å². The van der Waals surface area contributed by atoms with Crippen LogP contribution in [0.3, 0.4) is 0 Å². The Hall–Kier alpha value is -6.17. The molecule has 0 saturated heterocycles. The first-order chi connectivity index (χ1) is 35.1. The molecule has 0 amide bonds. The van der Waals surface area contributed by atoms with Crippen molar-refractivity contribution in [3.05, 3.63) is 198 Å². The Morgan fingerprint density at radius 2 is 1.31 bits per heavy atom. The molecule has 0 unspecified atom stereocenters. The van der Waals surface area contributed by atoms with Crippen LogP contribution in [0.2, 0.25) is 19.6 Å². The van der Waals surface area contributed by atoms with Crippen molar-refractivity contribution in [1.82, 2.24) is 19.1 Å². The Kier molecular flexibility index (Phi) is 11.8. The molecular weight excluding hydrogens is 1020 g/mol. The number of benzene rings is 7. The maximum Gasteiger partial charge on any atom is 0.0798 e. The van der Waals surface area contributed by atoms with E-state index in [0.29, 0.717) is 28.7 Å². The van der Waals surface area contributed by atoms with Gasteiger partial charge in [0.2, 0.25) is 0 Å². The van der Waals surface area contributed by atoms with Gasteiger partial charge in [0.05, 0.1) is 24.9 Å². The molecule has 4 nitrogen and oxygen atoms in total. The van der Waals surface area contributed by atoms with Gasteiger partial charge in [-0.2, -0.15) is 0 Å². The molecule has 0 saturated carbocycles. The van der Waals surface area contributed by atoms with Gasteiger partial charge in [0, 0.05) is 52.8 Å². The van der Waals surface area contributed by atoms with Crippen LogP contribution in [0.15, 0.2) is 164 Å². The largest absolute Gasteiger partial charge is 0.351 e. The molecule has 6 heteroatoms. The molecule has 0 aliphatic carbocycles. The van der Waals surface area contributed by atoms with Gasteiger partial charge in [-0.1, -0.05) is 164 Å². The third-order valence-electron chi connectivity index (χ3n) is 12.3. The van der Waals surface area contributed by atoms with Crippen molar-refractivity contribution in [2.45, 2.75) is 86.2 Å². The summed E-state index contributed by atoms with van der Waals surface area (Å²) in [5, 5.41) is 3.34. The molecule has 7 aromatic carbocycles. The summed E-state index contributed by atoms with van der Waals surface area (Å²) in [6, 6.07) is 56.5. The Balaban J connectivity index is 0.000000223. The van der Waals surface area contributed by atoms with Crippen LogP contribution in [0.25, 0.3) is 78.0 Å². The van der Waals surface area contributed by atoms with Crippen LogP contribution in [0, 0.1) is 24.9 Å². The van der Waals surface area contributed by atoms with Crippen LogP contribution in [-0.4, -0.2) is 27.2 Å². The zero-order valence-electron chi connectivity index (χ0n) is 47.3. The van der Waals surface area contributed by atoms with Gasteiger partial charge in [-0.25, -0.2) is 0 Å². The number of pyridine rings is 1. The molecule has 1 radical (unpaired) electrons. The SMILES string of the molecule is CC(C)c1cc(-c2ccccc2)cc(C(C)C)c1-n1c(-c2[c-]cc3c(c2)c2ccccc2n3-c2ccccc2)nc2ccccc21.[2H]c1[c-]c(-c2cc(C([2H])([2H])C(C)C)c([Si](C)(C)C)cn2)cc([2H])c1C([2H])([2H])[2H].[Ir]. The van der Waals surface area contributed by atoms with Gasteiger partial charge >= 0.3 is 0 Å². The van der Waals surface area contributed by atoms with E-state index in [9.17, 15) is 0 Å². The number of imidazole rings is 1. The predicted molar refractivity (Wildman–Crippen MR) is 288 cm³/mol. The molecule has 0 atom stereocenters. The first-order valence-electron chi connectivity index (χ1n) is 26.8. The molecule has 10 rings (SSSR count). The second kappa shape index (κ2) is 20.2. The summed E-state index contributed by atoms with van der Waals surface area (Å²) in [7, 11) is -1.87. The fraction of sp³-hybridized carbons (Fsp3) is 0.226. The van der Waals surface area contributed by atoms with Crippen molar-refractivity contribution in [2.75, 3.05) is 0 Å². The molecule has 345 valence electrons. The third kappa shape index (κ3) is 9.74. The van der Waals surface area contributed by atoms with E-state index in [-0.39, 0.29) is 43.7 Å². The Labute approximate surface area is 428 Å². The van der Waals surface area contributed by atoms with Crippen molar-refractivity contribution in [3.8, 4) is 45.1 Å². The topological polar surface area (TPSA) is 35.6 Å². The molecule has 0 bridgehead atoms. The Morgan fingerprint density at radius 3 is 1.96 bits per heavy atom. The van der Waals surface area contributed by atoms with E-state index in [2.05, 4.69) is 207 Å². The van der Waals surface area contributed by atoms with Crippen molar-refractivity contribution in [3.63, 3.8) is 0 Å². The Bertz CT molecular complexity index is 3640. The molecule has 0 aliphatic heterocycles. The standard InChI is InChI=1S/C43H36N3.C19H26NSi.Ir/c1-28(2)35-26-32(30-15-7-5-8-16-30)27-36(29(3)4)42(35)46-41-22-14-12-20-38(41)44-43(46)31-23-24-40-37(25-31)34-19-11-13-21-39(34)45(40)33-17-9-6-10-18-33;1-14(2)11-17-12-18(16-9-7-15(3)8-10-16)20-13-19(17)21(4,5)6;/h5-22,24-29H,1-4H3;7-9,12-14H,11H2,1-6H3;/q2*-1;/i;3D3,7D,8D,11D2;. The first-order valence-corrected chi connectivity index (χ1v) is 26.8. The van der Waals surface area contributed by atoms with Crippen molar-refractivity contribution >= 4 is 46.1 Å². The van der Waals surface area contributed by atoms with Crippen LogP contribution >= 0.6 is 0 Å². The number of rotatable bonds is 10. The summed E-state index contributed by atoms with van der Waals surface area (Å²) in [6.45, 7) is 16.7. The van der Waals surface area contributed by atoms with Gasteiger partial charge in [0.25, 0.3) is 0 Å². The zero-order valence-corrected chi connectivity index (χ0v) is 43.7. The molecule has 0 spiro atoms. The van der Waals surface area contributed by atoms with E-state index in [0.717, 1.165) is 38.8 Å². The van der Waals surface area contributed by atoms with E-state index in [1.807, 2.05) is 13.8 Å². The fourth-order valence-corrected chi connectivity index (χ4v) is 10.5. The maximum atomic E-state index is 8.60. The summed E-state index contributed by atoms with van der Waals surface area (Å²) in [5.74, 6) is 1.27. The predicted octanol–water partition coefficient (Wildman–Crippen LogP) is 16.1. The van der Waals surface area contributed by atoms with E-state index in [4.69, 9.17) is 14.6 Å². The fourth-order valence-electron chi connectivity index (χ4n) is 9.06. The third-order valence-corrected chi connectivity index (χ3v) is 14.3. The number of nitrogens with zero attached hydrogens (tertiary/aromatic N) is 4. The second-order valence-corrected chi connectivity index (χ2v) is 24.3. The molecule has 10 aromatic rings. The second-order valence-electron chi connectivity index (χ2n) is 19.3. The quantitative estimate of drug-likeness (QED) is 0.101. The summed E-state index contributed by atoms with van der Waals surface area (Å²) in [5.41, 5.74) is 13.8. The van der Waals surface area contributed by atoms with Gasteiger partial charge in [0.15, 0.2) is 0 Å². The average molecular weight is 1090 g/mol. The molecule has 3 heterocycles. The monoisotopic (exact) mass is 1090 g/mol. The summed E-state index contributed by atoms with van der Waals surface area (Å²) < 4.78 is 60.5. The van der Waals surface area contributed by atoms with Gasteiger partial charge in [0.1, 0.15) is 0 Å². The number of hydrogen-bond donors (Lipinski definition) is 0. The van der Waals surface area contributed by atoms with Crippen molar-refractivity contribution < 1.29 is 29.7 Å². The number of para-hydroxylation sites is 4. The number of hydrogen-bond acceptors (Lipinski definition) is 2. The summed E-state index contributed by atoms with van der Waals surface area (Å²) >= 11 is 0. The Morgan fingerprint density at radius 1 is 0.662 bits per heavy atom. The summed E-state index contributed by atoms with van der Waals surface area (Å²) in [6.07, 6.45) is 0.120. The molecule has 0 fully saturated rings. The van der Waals surface area contributed by atoms with E-state index < -0.39 is 21.3 Å². The van der Waals surface area contributed by atoms with Gasteiger partial charge in [-0.05, 0) is 111 Å². The normalized spacial score (nSPS) is 13.6. The van der Waals surface area contributed by atoms with Crippen LogP contribution < -0.4 is 5.19 Å². The minimum atomic E-state index is -2.56. The molecule has 0 aliphatic rings. The molecule has 68 heavy (non-hydrogen) atoms. The van der Waals surface area contributed by atoms with Crippen LogP contribution in [0.4, 0.5) is 0 Å². The molecule has 3 aromatic heterocycles. The van der Waals surface area contributed by atoms with Crippen molar-refractivity contribution in [2.24, 2.45) is 5.92 Å². The van der Waals surface area contributed by atoms with E-state index in [1.165, 1.54) is 50.3 Å². The minimum absolute atomic E-state index is 0. The van der Waals surface area contributed by atoms with Crippen LogP contribution in [-0.2, 0) is 26.5 Å². The number of fused-ring (bicyclic) bond motifs is 4. The smallest absolute Gasteiger partial charge is 0.0798 e. The summed E-state index contributed by atoms with van der Waals surface area (Å²) in [4.78, 5) is 9.77. The molecule has 0 N–H and O–H groups in total. The van der Waals surface area contributed by atoms with Crippen LogP contribution in [0.5, 0.6) is 0 Å². The van der Waals surface area contributed by atoms with Gasteiger partial charge in [-0.3, -0.25) is 4.98 Å². The molecular formula is C62H62IrN4Si-2. The zero-order chi connectivity index (χ0) is 53.0. The maximum absolute atomic E-state index is 8.60. The first kappa shape index (κ1) is 39.8. The minimum Gasteiger partial charge on any atom is -0.351 e. The van der Waals surface area contributed by atoms with Gasteiger partial charge in [-0.15, -0.1) is 59.1 Å². The average Bonchev–Trinajstić information content (AvgIpc) is 3.91. The van der Waals surface area contributed by atoms with Crippen LogP contribution in [0.1, 0.15) is 85.2 Å². The van der Waals surface area contributed by atoms with Crippen molar-refractivity contribution in [1.29, 1.82) is 0 Å². The van der Waals surface area contributed by atoms with E-state index >= 15 is 0 Å². The number of aromatic nitrogens is 4.